The van der Waals surface area contributed by atoms with Gasteiger partial charge < -0.3 is 5.11 Å². The summed E-state index contributed by atoms with van der Waals surface area (Å²) in [5.74, 6) is -1.62. The average Bonchev–Trinajstić information content (AvgIpc) is 2.35. The van der Waals surface area contributed by atoms with Gasteiger partial charge >= 0.3 is 0 Å². The molecule has 0 aromatic heterocycles. The normalized spacial score (nSPS) is 10.6. The molecule has 0 atom stereocenters. The van der Waals surface area contributed by atoms with Crippen molar-refractivity contribution in [1.29, 1.82) is 0 Å². The molecular weight excluding hydrogens is 246 g/mol. The number of rotatable bonds is 2. The van der Waals surface area contributed by atoms with Crippen LogP contribution in [0.25, 0.3) is 11.1 Å². The molecule has 0 aliphatic carbocycles. The van der Waals surface area contributed by atoms with E-state index in [9.17, 15) is 8.78 Å². The number of aliphatic hydroxyl groups excluding tert-OH is 1. The van der Waals surface area contributed by atoms with Gasteiger partial charge in [0.1, 0.15) is 16.7 Å². The second-order valence-corrected chi connectivity index (χ2v) is 3.95. The third kappa shape index (κ3) is 2.30. The van der Waals surface area contributed by atoms with Crippen LogP contribution in [-0.2, 0) is 6.61 Å². The van der Waals surface area contributed by atoms with Gasteiger partial charge in [-0.2, -0.15) is 0 Å². The van der Waals surface area contributed by atoms with E-state index < -0.39 is 16.7 Å². The number of hydrogen-bond acceptors (Lipinski definition) is 1. The number of benzene rings is 2. The molecule has 1 N–H and O–H groups in total. The third-order valence-corrected chi connectivity index (χ3v) is 2.84. The molecule has 0 bridgehead atoms. The van der Waals surface area contributed by atoms with Gasteiger partial charge in [0.05, 0.1) is 6.61 Å². The molecule has 0 aliphatic heterocycles. The van der Waals surface area contributed by atoms with E-state index in [1.807, 2.05) is 0 Å². The summed E-state index contributed by atoms with van der Waals surface area (Å²) in [5.41, 5.74) is 1.55. The first-order chi connectivity index (χ1) is 8.13. The smallest absolute Gasteiger partial charge is 0.145 e. The lowest BCUT2D eigenvalue weighted by molar-refractivity contribution is 0.282. The van der Waals surface area contributed by atoms with Crippen LogP contribution in [0.15, 0.2) is 36.4 Å². The van der Waals surface area contributed by atoms with E-state index in [0.29, 0.717) is 16.7 Å². The molecule has 2 aromatic carbocycles. The van der Waals surface area contributed by atoms with E-state index in [1.165, 1.54) is 0 Å². The van der Waals surface area contributed by atoms with Crippen LogP contribution in [0.3, 0.4) is 0 Å². The van der Waals surface area contributed by atoms with Crippen LogP contribution in [0, 0.1) is 11.6 Å². The van der Waals surface area contributed by atoms with E-state index in [2.05, 4.69) is 0 Å². The van der Waals surface area contributed by atoms with Gasteiger partial charge in [-0.25, -0.2) is 8.78 Å². The quantitative estimate of drug-likeness (QED) is 0.809. The van der Waals surface area contributed by atoms with Crippen molar-refractivity contribution in [3.63, 3.8) is 0 Å². The third-order valence-electron chi connectivity index (χ3n) is 2.48. The maximum Gasteiger partial charge on any atom is 0.145 e. The Labute approximate surface area is 102 Å². The van der Waals surface area contributed by atoms with Crippen LogP contribution < -0.4 is 0 Å². The fourth-order valence-corrected chi connectivity index (χ4v) is 1.76. The molecule has 0 fully saturated rings. The number of aliphatic hydroxyl groups is 1. The van der Waals surface area contributed by atoms with Crippen molar-refractivity contribution in [2.75, 3.05) is 0 Å². The van der Waals surface area contributed by atoms with Crippen LogP contribution in [0.1, 0.15) is 5.56 Å². The molecule has 0 amide bonds. The standard InChI is InChI=1S/C13H9ClF2O/c14-13-11(15)5-9(6-12(13)16)10-4-2-1-3-8(10)7-17/h1-6,17H,7H2. The zero-order valence-corrected chi connectivity index (χ0v) is 9.51. The molecule has 0 saturated carbocycles. The Morgan fingerprint density at radius 2 is 1.65 bits per heavy atom. The van der Waals surface area contributed by atoms with Gasteiger partial charge in [0.2, 0.25) is 0 Å². The summed E-state index contributed by atoms with van der Waals surface area (Å²) in [5, 5.41) is 8.64. The number of hydrogen-bond donors (Lipinski definition) is 1. The molecule has 0 unspecified atom stereocenters. The first-order valence-corrected chi connectivity index (χ1v) is 5.35. The molecule has 0 spiro atoms. The van der Waals surface area contributed by atoms with Gasteiger partial charge in [-0.3, -0.25) is 0 Å². The Kier molecular flexibility index (Phi) is 3.41. The highest BCUT2D eigenvalue weighted by molar-refractivity contribution is 6.31. The topological polar surface area (TPSA) is 20.2 Å². The minimum atomic E-state index is -0.811. The van der Waals surface area contributed by atoms with Gasteiger partial charge in [-0.15, -0.1) is 0 Å². The van der Waals surface area contributed by atoms with Crippen molar-refractivity contribution in [2.24, 2.45) is 0 Å². The van der Waals surface area contributed by atoms with Gasteiger partial charge in [0.25, 0.3) is 0 Å². The summed E-state index contributed by atoms with van der Waals surface area (Å²) in [6.45, 7) is -0.192. The van der Waals surface area contributed by atoms with Gasteiger partial charge in [-0.1, -0.05) is 35.9 Å². The SMILES string of the molecule is OCc1ccccc1-c1cc(F)c(Cl)c(F)c1. The molecule has 1 nitrogen and oxygen atoms in total. The van der Waals surface area contributed by atoms with Crippen molar-refractivity contribution in [3.05, 3.63) is 58.6 Å². The monoisotopic (exact) mass is 254 g/mol. The molecular formula is C13H9ClF2O. The van der Waals surface area contributed by atoms with Crippen molar-refractivity contribution >= 4 is 11.6 Å². The molecule has 88 valence electrons. The summed E-state index contributed by atoms with van der Waals surface area (Å²) < 4.78 is 26.7. The summed E-state index contributed by atoms with van der Waals surface area (Å²) >= 11 is 5.41. The molecule has 0 radical (unpaired) electrons. The van der Waals surface area contributed by atoms with Crippen LogP contribution >= 0.6 is 11.6 Å². The molecule has 0 saturated heterocycles. The largest absolute Gasteiger partial charge is 0.392 e. The van der Waals surface area contributed by atoms with E-state index in [4.69, 9.17) is 16.7 Å². The lowest BCUT2D eigenvalue weighted by atomic mass is 10.00. The molecule has 17 heavy (non-hydrogen) atoms. The van der Waals surface area contributed by atoms with Crippen molar-refractivity contribution in [1.82, 2.24) is 0 Å². The lowest BCUT2D eigenvalue weighted by Crippen LogP contribution is -1.92. The van der Waals surface area contributed by atoms with Gasteiger partial charge in [-0.05, 0) is 28.8 Å². The van der Waals surface area contributed by atoms with Crippen molar-refractivity contribution < 1.29 is 13.9 Å². The van der Waals surface area contributed by atoms with Gasteiger partial charge in [0, 0.05) is 0 Å². The van der Waals surface area contributed by atoms with Crippen LogP contribution in [0.2, 0.25) is 5.02 Å². The predicted molar refractivity (Wildman–Crippen MR) is 62.7 cm³/mol. The Hall–Kier alpha value is -1.45. The van der Waals surface area contributed by atoms with Gasteiger partial charge in [0.15, 0.2) is 0 Å². The fraction of sp³-hybridized carbons (Fsp3) is 0.0769. The summed E-state index contributed by atoms with van der Waals surface area (Å²) in [6, 6.07) is 9.17. The minimum absolute atomic E-state index is 0.192. The van der Waals surface area contributed by atoms with E-state index in [1.54, 1.807) is 24.3 Å². The minimum Gasteiger partial charge on any atom is -0.392 e. The molecule has 0 aliphatic rings. The Morgan fingerprint density at radius 1 is 1.06 bits per heavy atom. The second-order valence-electron chi connectivity index (χ2n) is 3.57. The first-order valence-electron chi connectivity index (χ1n) is 4.97. The molecule has 2 aromatic rings. The Bertz CT molecular complexity index is 532. The fourth-order valence-electron chi connectivity index (χ4n) is 1.65. The van der Waals surface area contributed by atoms with Crippen molar-refractivity contribution in [2.45, 2.75) is 6.61 Å². The van der Waals surface area contributed by atoms with E-state index >= 15 is 0 Å². The molecule has 4 heteroatoms. The van der Waals surface area contributed by atoms with E-state index in [-0.39, 0.29) is 6.61 Å². The maximum absolute atomic E-state index is 13.3. The molecule has 2 rings (SSSR count). The second kappa shape index (κ2) is 4.82. The zero-order valence-electron chi connectivity index (χ0n) is 8.75. The zero-order chi connectivity index (χ0) is 12.4. The lowest BCUT2D eigenvalue weighted by Gasteiger charge is -2.08. The summed E-state index contributed by atoms with van der Waals surface area (Å²) in [7, 11) is 0. The van der Waals surface area contributed by atoms with Crippen LogP contribution in [0.5, 0.6) is 0 Å². The average molecular weight is 255 g/mol. The predicted octanol–water partition coefficient (Wildman–Crippen LogP) is 3.78. The summed E-state index contributed by atoms with van der Waals surface area (Å²) in [6.07, 6.45) is 0. The number of halogens is 3. The van der Waals surface area contributed by atoms with Crippen molar-refractivity contribution in [3.8, 4) is 11.1 Å². The Balaban J connectivity index is 2.61. The molecule has 0 heterocycles. The van der Waals surface area contributed by atoms with Crippen LogP contribution in [0.4, 0.5) is 8.78 Å². The highest BCUT2D eigenvalue weighted by Gasteiger charge is 2.11. The highest BCUT2D eigenvalue weighted by Crippen LogP contribution is 2.29. The summed E-state index contributed by atoms with van der Waals surface area (Å²) in [4.78, 5) is 0. The Morgan fingerprint density at radius 3 is 2.24 bits per heavy atom. The first kappa shape index (κ1) is 12.0. The van der Waals surface area contributed by atoms with Crippen LogP contribution in [-0.4, -0.2) is 5.11 Å². The maximum atomic E-state index is 13.3. The van der Waals surface area contributed by atoms with E-state index in [0.717, 1.165) is 12.1 Å². The highest BCUT2D eigenvalue weighted by atomic mass is 35.5.